The van der Waals surface area contributed by atoms with E-state index in [9.17, 15) is 18.8 Å². The van der Waals surface area contributed by atoms with Crippen molar-refractivity contribution in [3.63, 3.8) is 0 Å². The highest BCUT2D eigenvalue weighted by atomic mass is 19.1. The van der Waals surface area contributed by atoms with E-state index in [1.54, 1.807) is 26.0 Å². The Kier molecular flexibility index (Phi) is 7.06. The maximum absolute atomic E-state index is 13.3. The predicted octanol–water partition coefficient (Wildman–Crippen LogP) is 4.46. The van der Waals surface area contributed by atoms with Crippen molar-refractivity contribution in [1.29, 1.82) is 0 Å². The monoisotopic (exact) mass is 450 g/mol. The molecule has 0 unspecified atom stereocenters. The highest BCUT2D eigenvalue weighted by Crippen LogP contribution is 2.25. The lowest BCUT2D eigenvalue weighted by Crippen LogP contribution is -2.33. The minimum atomic E-state index is -0.910. The van der Waals surface area contributed by atoms with E-state index in [1.807, 2.05) is 32.9 Å². The van der Waals surface area contributed by atoms with E-state index >= 15 is 0 Å². The van der Waals surface area contributed by atoms with Gasteiger partial charge in [-0.2, -0.15) is 5.10 Å². The summed E-state index contributed by atoms with van der Waals surface area (Å²) in [5.41, 5.74) is 3.31. The Morgan fingerprint density at radius 1 is 0.879 bits per heavy atom. The Hall–Kier alpha value is -3.81. The molecule has 0 spiro atoms. The zero-order valence-electron chi connectivity index (χ0n) is 19.3. The van der Waals surface area contributed by atoms with Crippen LogP contribution in [0.25, 0.3) is 11.3 Å². The van der Waals surface area contributed by atoms with Crippen LogP contribution in [0.3, 0.4) is 0 Å². The van der Waals surface area contributed by atoms with Crippen molar-refractivity contribution in [3.05, 3.63) is 75.8 Å². The number of hydrogen-bond acceptors (Lipinski definition) is 4. The summed E-state index contributed by atoms with van der Waals surface area (Å²) in [5.74, 6) is -1.12. The molecule has 0 aliphatic rings. The molecule has 0 fully saturated rings. The summed E-state index contributed by atoms with van der Waals surface area (Å²) in [6.07, 6.45) is 0. The molecule has 0 aliphatic carbocycles. The minimum absolute atomic E-state index is 0.102. The van der Waals surface area contributed by atoms with E-state index in [2.05, 4.69) is 15.7 Å². The summed E-state index contributed by atoms with van der Waals surface area (Å²) in [5, 5.41) is 10.0. The lowest BCUT2D eigenvalue weighted by atomic mass is 10.1. The normalized spacial score (nSPS) is 11.8. The summed E-state index contributed by atoms with van der Waals surface area (Å²) >= 11 is 0. The van der Waals surface area contributed by atoms with Gasteiger partial charge >= 0.3 is 0 Å². The average Bonchev–Trinajstić information content (AvgIpc) is 2.77. The fraction of sp³-hybridized carbons (Fsp3) is 0.280. The molecule has 1 aromatic heterocycles. The van der Waals surface area contributed by atoms with Crippen molar-refractivity contribution in [2.45, 2.75) is 40.7 Å². The number of hydrogen-bond donors (Lipinski definition) is 2. The van der Waals surface area contributed by atoms with Crippen LogP contribution < -0.4 is 16.2 Å². The maximum atomic E-state index is 13.3. The molecule has 1 heterocycles. The minimum Gasteiger partial charge on any atom is -0.326 e. The van der Waals surface area contributed by atoms with Gasteiger partial charge in [-0.25, -0.2) is 9.07 Å². The van der Waals surface area contributed by atoms with Crippen LogP contribution in [0.5, 0.6) is 0 Å². The van der Waals surface area contributed by atoms with E-state index < -0.39 is 23.3 Å². The molecule has 2 amide bonds. The zero-order valence-corrected chi connectivity index (χ0v) is 19.3. The smallest absolute Gasteiger partial charge is 0.267 e. The number of carbonyl (C=O) groups is 2. The van der Waals surface area contributed by atoms with Crippen molar-refractivity contribution >= 4 is 23.2 Å². The molecule has 33 heavy (non-hydrogen) atoms. The van der Waals surface area contributed by atoms with Crippen LogP contribution in [0.15, 0.2) is 53.3 Å². The van der Waals surface area contributed by atoms with E-state index in [0.717, 1.165) is 10.2 Å². The molecule has 0 aliphatic heterocycles. The molecule has 2 N–H and O–H groups in total. The van der Waals surface area contributed by atoms with Gasteiger partial charge in [-0.05, 0) is 62.2 Å². The molecule has 8 heteroatoms. The van der Waals surface area contributed by atoms with Crippen molar-refractivity contribution < 1.29 is 14.0 Å². The first-order valence-corrected chi connectivity index (χ1v) is 10.7. The first-order chi connectivity index (χ1) is 15.6. The number of amides is 2. The lowest BCUT2D eigenvalue weighted by Gasteiger charge is -2.16. The van der Waals surface area contributed by atoms with Gasteiger partial charge in [0.05, 0.1) is 5.69 Å². The Balaban J connectivity index is 1.89. The topological polar surface area (TPSA) is 93.1 Å². The lowest BCUT2D eigenvalue weighted by molar-refractivity contribution is -0.119. The van der Waals surface area contributed by atoms with Crippen molar-refractivity contribution in [3.8, 4) is 11.3 Å². The summed E-state index contributed by atoms with van der Waals surface area (Å²) in [7, 11) is 0. The Labute approximate surface area is 191 Å². The first kappa shape index (κ1) is 23.8. The molecule has 3 aromatic rings. The van der Waals surface area contributed by atoms with E-state index in [0.29, 0.717) is 28.2 Å². The molecule has 2 aromatic carbocycles. The van der Waals surface area contributed by atoms with Crippen LogP contribution in [-0.2, 0) is 9.59 Å². The SMILES string of the molecule is Cc1ccc(-c2ccc(=O)n([C@H](C)C(=O)Nc3ccc(F)cc3C)n2)cc1NC(=O)C(C)C. The zero-order chi connectivity index (χ0) is 24.3. The van der Waals surface area contributed by atoms with Crippen molar-refractivity contribution in [1.82, 2.24) is 9.78 Å². The summed E-state index contributed by atoms with van der Waals surface area (Å²) in [4.78, 5) is 37.4. The van der Waals surface area contributed by atoms with Crippen molar-refractivity contribution in [2.75, 3.05) is 10.6 Å². The largest absolute Gasteiger partial charge is 0.326 e. The summed E-state index contributed by atoms with van der Waals surface area (Å²) in [6, 6.07) is 11.5. The van der Waals surface area contributed by atoms with Gasteiger partial charge in [0.2, 0.25) is 11.8 Å². The second-order valence-corrected chi connectivity index (χ2v) is 8.30. The number of aromatic nitrogens is 2. The molecule has 1 atom stereocenters. The number of nitrogens with zero attached hydrogens (tertiary/aromatic N) is 2. The number of anilines is 2. The van der Waals surface area contributed by atoms with E-state index in [4.69, 9.17) is 0 Å². The average molecular weight is 451 g/mol. The third-order valence-electron chi connectivity index (χ3n) is 5.33. The fourth-order valence-electron chi connectivity index (χ4n) is 3.17. The second-order valence-electron chi connectivity index (χ2n) is 8.30. The van der Waals surface area contributed by atoms with Crippen LogP contribution in [0.2, 0.25) is 0 Å². The number of halogens is 1. The quantitative estimate of drug-likeness (QED) is 0.580. The van der Waals surface area contributed by atoms with Gasteiger partial charge in [-0.3, -0.25) is 14.4 Å². The van der Waals surface area contributed by atoms with Crippen molar-refractivity contribution in [2.24, 2.45) is 5.92 Å². The molecule has 3 rings (SSSR count). The Morgan fingerprint density at radius 3 is 2.24 bits per heavy atom. The van der Waals surface area contributed by atoms with Gasteiger partial charge in [0.25, 0.3) is 5.56 Å². The molecular weight excluding hydrogens is 423 g/mol. The molecule has 172 valence electrons. The van der Waals surface area contributed by atoms with Crippen LogP contribution >= 0.6 is 0 Å². The second kappa shape index (κ2) is 9.77. The maximum Gasteiger partial charge on any atom is 0.267 e. The van der Waals surface area contributed by atoms with Gasteiger partial charge in [-0.15, -0.1) is 0 Å². The highest BCUT2D eigenvalue weighted by molar-refractivity contribution is 5.94. The highest BCUT2D eigenvalue weighted by Gasteiger charge is 2.19. The van der Waals surface area contributed by atoms with Crippen LogP contribution in [-0.4, -0.2) is 21.6 Å². The van der Waals surface area contributed by atoms with E-state index in [-0.39, 0.29) is 11.8 Å². The van der Waals surface area contributed by atoms with Crippen LogP contribution in [0.4, 0.5) is 15.8 Å². The number of carbonyl (C=O) groups excluding carboxylic acids is 2. The van der Waals surface area contributed by atoms with Gasteiger partial charge < -0.3 is 10.6 Å². The standard InChI is InChI=1S/C25H27FN4O3/c1-14(2)24(32)28-22-13-18(7-6-15(22)3)21-10-11-23(31)30(29-21)17(5)25(33)27-20-9-8-19(26)12-16(20)4/h6-14,17H,1-5H3,(H,27,33)(H,28,32)/t17-/m1/s1. The third kappa shape index (κ3) is 5.52. The number of aryl methyl sites for hydroxylation is 2. The number of benzene rings is 2. The molecule has 0 saturated heterocycles. The van der Waals surface area contributed by atoms with Gasteiger partial charge in [0, 0.05) is 28.9 Å². The summed E-state index contributed by atoms with van der Waals surface area (Å²) < 4.78 is 14.4. The van der Waals surface area contributed by atoms with Gasteiger partial charge in [-0.1, -0.05) is 26.0 Å². The van der Waals surface area contributed by atoms with E-state index in [1.165, 1.54) is 24.3 Å². The van der Waals surface area contributed by atoms with Gasteiger partial charge in [0.15, 0.2) is 0 Å². The Morgan fingerprint density at radius 2 is 1.58 bits per heavy atom. The molecule has 7 nitrogen and oxygen atoms in total. The van der Waals surface area contributed by atoms with Crippen LogP contribution in [0.1, 0.15) is 37.9 Å². The first-order valence-electron chi connectivity index (χ1n) is 10.7. The molecule has 0 saturated carbocycles. The Bertz CT molecular complexity index is 1270. The molecule has 0 radical (unpaired) electrons. The third-order valence-corrected chi connectivity index (χ3v) is 5.33. The predicted molar refractivity (Wildman–Crippen MR) is 127 cm³/mol. The number of nitrogens with one attached hydrogen (secondary N) is 2. The summed E-state index contributed by atoms with van der Waals surface area (Å²) in [6.45, 7) is 8.76. The van der Waals surface area contributed by atoms with Gasteiger partial charge in [0.1, 0.15) is 11.9 Å². The fourth-order valence-corrected chi connectivity index (χ4v) is 3.17. The van der Waals surface area contributed by atoms with Crippen LogP contribution in [0, 0.1) is 25.6 Å². The molecule has 0 bridgehead atoms. The number of rotatable bonds is 6. The molecular formula is C25H27FN4O3.